The summed E-state index contributed by atoms with van der Waals surface area (Å²) in [4.78, 5) is 12.1. The molecule has 1 aliphatic rings. The Morgan fingerprint density at radius 1 is 1.16 bits per heavy atom. The highest BCUT2D eigenvalue weighted by molar-refractivity contribution is 5.95. The van der Waals surface area contributed by atoms with Gasteiger partial charge in [-0.25, -0.2) is 4.79 Å². The summed E-state index contributed by atoms with van der Waals surface area (Å²) in [5.74, 6) is -0.289. The first-order valence-electron chi connectivity index (χ1n) is 6.51. The van der Waals surface area contributed by atoms with E-state index in [1.807, 2.05) is 64.1 Å². The van der Waals surface area contributed by atoms with Crippen LogP contribution in [0.1, 0.15) is 33.3 Å². The highest BCUT2D eigenvalue weighted by Gasteiger charge is 2.38. The monoisotopic (exact) mass is 260 g/mol. The fraction of sp³-hybridized carbons (Fsp3) is 0.438. The van der Waals surface area contributed by atoms with E-state index in [9.17, 15) is 4.79 Å². The zero-order valence-electron chi connectivity index (χ0n) is 11.8. The van der Waals surface area contributed by atoms with E-state index in [1.54, 1.807) is 0 Å². The lowest BCUT2D eigenvalue weighted by Crippen LogP contribution is -2.43. The summed E-state index contributed by atoms with van der Waals surface area (Å²) in [5, 5.41) is 0. The fourth-order valence-corrected chi connectivity index (χ4v) is 1.90. The average Bonchev–Trinajstić information content (AvgIpc) is 2.33. The lowest BCUT2D eigenvalue weighted by Gasteiger charge is -2.36. The number of hydrogen-bond donors (Lipinski definition) is 0. The van der Waals surface area contributed by atoms with Gasteiger partial charge in [0.05, 0.1) is 11.7 Å². The number of hydrogen-bond acceptors (Lipinski definition) is 3. The number of benzene rings is 1. The molecule has 1 aromatic carbocycles. The third-order valence-electron chi connectivity index (χ3n) is 3.04. The minimum absolute atomic E-state index is 0.220. The molecule has 102 valence electrons. The Hall–Kier alpha value is -1.61. The zero-order chi connectivity index (χ0) is 14.0. The molecule has 0 spiro atoms. The molecule has 0 amide bonds. The van der Waals surface area contributed by atoms with Gasteiger partial charge in [0.15, 0.2) is 0 Å². The Morgan fingerprint density at radius 3 is 2.32 bits per heavy atom. The van der Waals surface area contributed by atoms with Crippen molar-refractivity contribution >= 4 is 12.0 Å². The lowest BCUT2D eigenvalue weighted by molar-refractivity contribution is -0.225. The van der Waals surface area contributed by atoms with Gasteiger partial charge in [-0.1, -0.05) is 51.1 Å². The van der Waals surface area contributed by atoms with Crippen LogP contribution in [-0.2, 0) is 14.3 Å². The maximum Gasteiger partial charge on any atom is 0.339 e. The predicted octanol–water partition coefficient (Wildman–Crippen LogP) is 3.40. The molecule has 0 saturated carbocycles. The number of cyclic esters (lactones) is 1. The lowest BCUT2D eigenvalue weighted by atomic mass is 9.94. The molecule has 2 atom stereocenters. The molecule has 0 N–H and O–H groups in total. The van der Waals surface area contributed by atoms with Crippen LogP contribution in [0, 0.1) is 5.41 Å². The number of carbonyl (C=O) groups excluding carboxylic acids is 1. The van der Waals surface area contributed by atoms with Crippen LogP contribution < -0.4 is 0 Å². The van der Waals surface area contributed by atoms with E-state index in [-0.39, 0.29) is 17.5 Å². The number of carbonyl (C=O) groups is 1. The summed E-state index contributed by atoms with van der Waals surface area (Å²) in [6.07, 6.45) is 1.07. The van der Waals surface area contributed by atoms with Crippen LogP contribution in [0.2, 0.25) is 0 Å². The Morgan fingerprint density at radius 2 is 1.79 bits per heavy atom. The number of esters is 1. The summed E-state index contributed by atoms with van der Waals surface area (Å²) in [7, 11) is 0. The molecule has 1 aromatic rings. The van der Waals surface area contributed by atoms with Crippen molar-refractivity contribution in [1.29, 1.82) is 0 Å². The van der Waals surface area contributed by atoms with Crippen LogP contribution in [0.4, 0.5) is 0 Å². The van der Waals surface area contributed by atoms with Gasteiger partial charge in [-0.15, -0.1) is 0 Å². The first kappa shape index (κ1) is 13.8. The SMILES string of the molecule is C[C@H]1O[C@@H](C(C)(C)C)OC(=O)/C1=C/c1ccccc1. The van der Waals surface area contributed by atoms with Gasteiger partial charge in [0.1, 0.15) is 0 Å². The normalized spacial score (nSPS) is 26.3. The van der Waals surface area contributed by atoms with E-state index in [0.717, 1.165) is 5.56 Å². The highest BCUT2D eigenvalue weighted by atomic mass is 16.7. The molecule has 1 aliphatic heterocycles. The second kappa shape index (κ2) is 5.17. The van der Waals surface area contributed by atoms with Crippen molar-refractivity contribution in [2.75, 3.05) is 0 Å². The van der Waals surface area contributed by atoms with Crippen molar-refractivity contribution in [1.82, 2.24) is 0 Å². The second-order valence-corrected chi connectivity index (χ2v) is 5.89. The van der Waals surface area contributed by atoms with Crippen LogP contribution in [0.25, 0.3) is 6.08 Å². The Bertz CT molecular complexity index is 482. The van der Waals surface area contributed by atoms with Gasteiger partial charge in [0.2, 0.25) is 6.29 Å². The van der Waals surface area contributed by atoms with Gasteiger partial charge in [-0.3, -0.25) is 0 Å². The van der Waals surface area contributed by atoms with Gasteiger partial charge < -0.3 is 9.47 Å². The minimum atomic E-state index is -0.497. The van der Waals surface area contributed by atoms with Crippen molar-refractivity contribution in [3.8, 4) is 0 Å². The Balaban J connectivity index is 2.22. The van der Waals surface area contributed by atoms with E-state index < -0.39 is 6.29 Å². The molecule has 0 bridgehead atoms. The van der Waals surface area contributed by atoms with Crippen molar-refractivity contribution in [2.45, 2.75) is 40.1 Å². The van der Waals surface area contributed by atoms with E-state index in [2.05, 4.69) is 0 Å². The third-order valence-corrected chi connectivity index (χ3v) is 3.04. The quantitative estimate of drug-likeness (QED) is 0.573. The predicted molar refractivity (Wildman–Crippen MR) is 74.3 cm³/mol. The Labute approximate surface area is 114 Å². The summed E-state index contributed by atoms with van der Waals surface area (Å²) < 4.78 is 11.2. The molecule has 1 heterocycles. The summed E-state index contributed by atoms with van der Waals surface area (Å²) >= 11 is 0. The largest absolute Gasteiger partial charge is 0.432 e. The van der Waals surface area contributed by atoms with Crippen molar-refractivity contribution in [3.05, 3.63) is 41.5 Å². The molecule has 3 nitrogen and oxygen atoms in total. The smallest absolute Gasteiger partial charge is 0.339 e. The van der Waals surface area contributed by atoms with E-state index >= 15 is 0 Å². The van der Waals surface area contributed by atoms with Crippen LogP contribution in [0.3, 0.4) is 0 Å². The third kappa shape index (κ3) is 3.24. The molecular formula is C16H20O3. The van der Waals surface area contributed by atoms with Gasteiger partial charge in [0, 0.05) is 5.41 Å². The van der Waals surface area contributed by atoms with Crippen molar-refractivity contribution in [2.24, 2.45) is 5.41 Å². The zero-order valence-corrected chi connectivity index (χ0v) is 11.8. The summed E-state index contributed by atoms with van der Waals surface area (Å²) in [5.41, 5.74) is 1.31. The molecule has 0 radical (unpaired) electrons. The van der Waals surface area contributed by atoms with E-state index in [0.29, 0.717) is 5.57 Å². The van der Waals surface area contributed by atoms with Crippen LogP contribution in [-0.4, -0.2) is 18.4 Å². The molecule has 0 aromatic heterocycles. The van der Waals surface area contributed by atoms with E-state index in [4.69, 9.17) is 9.47 Å². The summed E-state index contributed by atoms with van der Waals surface area (Å²) in [6.45, 7) is 7.85. The standard InChI is InChI=1S/C16H20O3/c1-11-13(10-12-8-6-5-7-9-12)14(17)19-15(18-11)16(2,3)4/h5-11,15H,1-4H3/b13-10+/t11-,15-/m1/s1. The minimum Gasteiger partial charge on any atom is -0.432 e. The average molecular weight is 260 g/mol. The van der Waals surface area contributed by atoms with Crippen molar-refractivity contribution in [3.63, 3.8) is 0 Å². The molecule has 0 unspecified atom stereocenters. The molecule has 0 aliphatic carbocycles. The molecule has 3 heteroatoms. The second-order valence-electron chi connectivity index (χ2n) is 5.89. The van der Waals surface area contributed by atoms with Crippen LogP contribution in [0.5, 0.6) is 0 Å². The first-order valence-corrected chi connectivity index (χ1v) is 6.51. The fourth-order valence-electron chi connectivity index (χ4n) is 1.90. The molecular weight excluding hydrogens is 240 g/mol. The summed E-state index contributed by atoms with van der Waals surface area (Å²) in [6, 6.07) is 9.70. The van der Waals surface area contributed by atoms with E-state index in [1.165, 1.54) is 0 Å². The van der Waals surface area contributed by atoms with Crippen LogP contribution >= 0.6 is 0 Å². The first-order chi connectivity index (χ1) is 8.88. The topological polar surface area (TPSA) is 35.5 Å². The van der Waals surface area contributed by atoms with Crippen molar-refractivity contribution < 1.29 is 14.3 Å². The van der Waals surface area contributed by atoms with Gasteiger partial charge >= 0.3 is 5.97 Å². The molecule has 19 heavy (non-hydrogen) atoms. The molecule has 1 saturated heterocycles. The molecule has 2 rings (SSSR count). The number of rotatable bonds is 1. The van der Waals surface area contributed by atoms with Gasteiger partial charge in [0.25, 0.3) is 0 Å². The van der Waals surface area contributed by atoms with Gasteiger partial charge in [-0.05, 0) is 18.6 Å². The maximum atomic E-state index is 12.1. The van der Waals surface area contributed by atoms with Gasteiger partial charge in [-0.2, -0.15) is 0 Å². The Kier molecular flexibility index (Phi) is 3.76. The maximum absolute atomic E-state index is 12.1. The molecule has 1 fully saturated rings. The number of ether oxygens (including phenoxy) is 2. The van der Waals surface area contributed by atoms with Crippen LogP contribution in [0.15, 0.2) is 35.9 Å². The highest BCUT2D eigenvalue weighted by Crippen LogP contribution is 2.31.